The molecule has 3 aromatic carbocycles. The van der Waals surface area contributed by atoms with Crippen LogP contribution in [0.3, 0.4) is 0 Å². The average molecular weight is 554 g/mol. The van der Waals surface area contributed by atoms with E-state index in [1.807, 2.05) is 36.4 Å². The van der Waals surface area contributed by atoms with Gasteiger partial charge in [-0.15, -0.1) is 0 Å². The number of rotatable bonds is 3. The summed E-state index contributed by atoms with van der Waals surface area (Å²) in [4.78, 5) is 44.6. The van der Waals surface area contributed by atoms with Crippen LogP contribution in [-0.4, -0.2) is 23.2 Å². The van der Waals surface area contributed by atoms with Crippen LogP contribution in [0, 0.1) is 11.3 Å². The molecule has 0 fully saturated rings. The Bertz CT molecular complexity index is 1530. The number of allylic oxidation sites excluding steroid dienone is 2. The smallest absolute Gasteiger partial charge is 0.343 e. The fraction of sp³-hybridized carbons (Fsp3) is 0.226. The van der Waals surface area contributed by atoms with Crippen molar-refractivity contribution in [2.45, 2.75) is 32.6 Å². The van der Waals surface area contributed by atoms with E-state index in [4.69, 9.17) is 9.73 Å². The number of carbonyl (C=O) groups is 3. The third-order valence-electron chi connectivity index (χ3n) is 7.37. The standard InChI is InChI=1S/C31H24BrNO4/c1-31(2)15-23-26(24(34)16-31)25(27-28(33-23)21-5-3-4-6-22(21)29(27)35)17-9-13-20(14-10-17)37-30(36)18-7-11-19(32)12-8-18/h3-14,25,27H,15-16H2,1-2H3/t25-,27-/m0/s1. The van der Waals surface area contributed by atoms with Crippen molar-refractivity contribution in [1.29, 1.82) is 0 Å². The zero-order valence-electron chi connectivity index (χ0n) is 20.5. The Morgan fingerprint density at radius 2 is 1.57 bits per heavy atom. The quantitative estimate of drug-likeness (QED) is 0.267. The maximum Gasteiger partial charge on any atom is 0.343 e. The van der Waals surface area contributed by atoms with Gasteiger partial charge in [0, 0.05) is 39.2 Å². The average Bonchev–Trinajstić information content (AvgIpc) is 3.15. The van der Waals surface area contributed by atoms with Gasteiger partial charge in [0.15, 0.2) is 11.6 Å². The van der Waals surface area contributed by atoms with Gasteiger partial charge >= 0.3 is 5.97 Å². The molecule has 0 saturated heterocycles. The molecule has 3 aromatic rings. The van der Waals surface area contributed by atoms with Gasteiger partial charge in [0.25, 0.3) is 0 Å². The number of nitrogens with zero attached hydrogens (tertiary/aromatic N) is 1. The minimum absolute atomic E-state index is 0.00530. The SMILES string of the molecule is CC1(C)CC(=O)C2=C(C1)N=C1c3ccccc3C(=O)[C@H]1[C@H]2c1ccc(OC(=O)c2ccc(Br)cc2)cc1. The number of esters is 1. The maximum absolute atomic E-state index is 13.6. The van der Waals surface area contributed by atoms with Gasteiger partial charge < -0.3 is 4.74 Å². The molecule has 0 aromatic heterocycles. The number of hydrogen-bond acceptors (Lipinski definition) is 5. The van der Waals surface area contributed by atoms with Crippen molar-refractivity contribution in [2.24, 2.45) is 16.3 Å². The van der Waals surface area contributed by atoms with Crippen LogP contribution in [0.15, 0.2) is 93.5 Å². The van der Waals surface area contributed by atoms with E-state index in [0.29, 0.717) is 35.3 Å². The lowest BCUT2D eigenvalue weighted by molar-refractivity contribution is -0.118. The van der Waals surface area contributed by atoms with Gasteiger partial charge in [0.1, 0.15) is 5.75 Å². The van der Waals surface area contributed by atoms with Crippen LogP contribution in [0.1, 0.15) is 64.4 Å². The molecular weight excluding hydrogens is 530 g/mol. The molecule has 6 rings (SSSR count). The predicted octanol–water partition coefficient (Wildman–Crippen LogP) is 6.71. The van der Waals surface area contributed by atoms with Crippen molar-refractivity contribution in [3.8, 4) is 5.75 Å². The molecule has 37 heavy (non-hydrogen) atoms. The number of fused-ring (bicyclic) bond motifs is 3. The molecule has 1 aliphatic heterocycles. The second kappa shape index (κ2) is 8.73. The van der Waals surface area contributed by atoms with E-state index >= 15 is 0 Å². The van der Waals surface area contributed by atoms with Crippen LogP contribution < -0.4 is 4.74 Å². The maximum atomic E-state index is 13.6. The van der Waals surface area contributed by atoms with E-state index in [0.717, 1.165) is 27.0 Å². The Morgan fingerprint density at radius 1 is 0.892 bits per heavy atom. The molecule has 0 saturated carbocycles. The molecule has 5 nitrogen and oxygen atoms in total. The van der Waals surface area contributed by atoms with Crippen LogP contribution in [0.5, 0.6) is 5.75 Å². The lowest BCUT2D eigenvalue weighted by Gasteiger charge is -2.38. The Hall–Kier alpha value is -3.64. The number of halogens is 1. The summed E-state index contributed by atoms with van der Waals surface area (Å²) in [6.45, 7) is 4.16. The molecule has 0 unspecified atom stereocenters. The zero-order valence-corrected chi connectivity index (χ0v) is 22.0. The highest BCUT2D eigenvalue weighted by Gasteiger charge is 2.50. The van der Waals surface area contributed by atoms with E-state index in [1.54, 1.807) is 36.4 Å². The van der Waals surface area contributed by atoms with E-state index in [9.17, 15) is 14.4 Å². The molecule has 0 radical (unpaired) electrons. The van der Waals surface area contributed by atoms with Crippen LogP contribution in [0.4, 0.5) is 0 Å². The summed E-state index contributed by atoms with van der Waals surface area (Å²) in [5, 5.41) is 0. The third kappa shape index (κ3) is 4.09. The van der Waals surface area contributed by atoms with Gasteiger partial charge in [-0.25, -0.2) is 4.79 Å². The molecule has 3 aliphatic rings. The fourth-order valence-electron chi connectivity index (χ4n) is 5.74. The van der Waals surface area contributed by atoms with Crippen molar-refractivity contribution in [3.63, 3.8) is 0 Å². The van der Waals surface area contributed by atoms with Crippen LogP contribution in [0.2, 0.25) is 0 Å². The third-order valence-corrected chi connectivity index (χ3v) is 7.90. The molecular formula is C31H24BrNO4. The first-order valence-electron chi connectivity index (χ1n) is 12.3. The van der Waals surface area contributed by atoms with Gasteiger partial charge in [0.05, 0.1) is 17.2 Å². The summed E-state index contributed by atoms with van der Waals surface area (Å²) in [7, 11) is 0. The Kier molecular flexibility index (Phi) is 5.60. The molecule has 184 valence electrons. The number of Topliss-reactive ketones (excluding diaryl/α,β-unsaturated/α-hetero) is 2. The van der Waals surface area contributed by atoms with Crippen LogP contribution in [0.25, 0.3) is 0 Å². The lowest BCUT2D eigenvalue weighted by atomic mass is 9.66. The largest absolute Gasteiger partial charge is 0.423 e. The van der Waals surface area contributed by atoms with Crippen molar-refractivity contribution in [2.75, 3.05) is 0 Å². The summed E-state index contributed by atoms with van der Waals surface area (Å²) >= 11 is 3.36. The van der Waals surface area contributed by atoms with Crippen LogP contribution in [-0.2, 0) is 4.79 Å². The highest BCUT2D eigenvalue weighted by Crippen LogP contribution is 2.51. The predicted molar refractivity (Wildman–Crippen MR) is 144 cm³/mol. The minimum atomic E-state index is -0.544. The first-order valence-corrected chi connectivity index (χ1v) is 13.1. The van der Waals surface area contributed by atoms with E-state index in [1.165, 1.54) is 0 Å². The number of benzene rings is 3. The van der Waals surface area contributed by atoms with Crippen molar-refractivity contribution in [1.82, 2.24) is 0 Å². The second-order valence-corrected chi connectivity index (χ2v) is 11.5. The summed E-state index contributed by atoms with van der Waals surface area (Å²) in [6.07, 6.45) is 1.10. The monoisotopic (exact) mass is 553 g/mol. The molecule has 1 heterocycles. The van der Waals surface area contributed by atoms with Crippen molar-refractivity contribution in [3.05, 3.63) is 111 Å². The number of ketones is 2. The van der Waals surface area contributed by atoms with Gasteiger partial charge in [-0.1, -0.05) is 66.2 Å². The minimum Gasteiger partial charge on any atom is -0.423 e. The number of hydrogen-bond donors (Lipinski definition) is 0. The van der Waals surface area contributed by atoms with Gasteiger partial charge in [-0.05, 0) is 53.8 Å². The topological polar surface area (TPSA) is 72.8 Å². The zero-order chi connectivity index (χ0) is 25.9. The summed E-state index contributed by atoms with van der Waals surface area (Å²) < 4.78 is 6.45. The Labute approximate surface area is 223 Å². The molecule has 0 spiro atoms. The lowest BCUT2D eigenvalue weighted by Crippen LogP contribution is -2.37. The van der Waals surface area contributed by atoms with E-state index in [-0.39, 0.29) is 17.0 Å². The molecule has 2 atom stereocenters. The summed E-state index contributed by atoms with van der Waals surface area (Å²) in [6, 6.07) is 21.7. The molecule has 0 bridgehead atoms. The first-order chi connectivity index (χ1) is 17.7. The molecule has 6 heteroatoms. The number of carbonyl (C=O) groups excluding carboxylic acids is 3. The summed E-state index contributed by atoms with van der Waals surface area (Å²) in [5.41, 5.74) is 4.78. The van der Waals surface area contributed by atoms with Gasteiger partial charge in [0.2, 0.25) is 0 Å². The summed E-state index contributed by atoms with van der Waals surface area (Å²) in [5.74, 6) is -0.987. The molecule has 0 amide bonds. The van der Waals surface area contributed by atoms with Gasteiger partial charge in [-0.2, -0.15) is 0 Å². The van der Waals surface area contributed by atoms with Crippen molar-refractivity contribution >= 4 is 39.2 Å². The highest BCUT2D eigenvalue weighted by molar-refractivity contribution is 9.10. The normalized spacial score (nSPS) is 21.6. The first kappa shape index (κ1) is 23.7. The Morgan fingerprint density at radius 3 is 2.27 bits per heavy atom. The second-order valence-electron chi connectivity index (χ2n) is 10.6. The Balaban J connectivity index is 1.38. The number of ether oxygens (including phenoxy) is 1. The fourth-order valence-corrected chi connectivity index (χ4v) is 6.00. The van der Waals surface area contributed by atoms with Crippen LogP contribution >= 0.6 is 15.9 Å². The number of aliphatic imine (C=N–C) groups is 1. The molecule has 2 aliphatic carbocycles. The highest BCUT2D eigenvalue weighted by atomic mass is 79.9. The van der Waals surface area contributed by atoms with Crippen molar-refractivity contribution < 1.29 is 19.1 Å². The van der Waals surface area contributed by atoms with E-state index < -0.39 is 17.8 Å². The van der Waals surface area contributed by atoms with E-state index in [2.05, 4.69) is 29.8 Å². The van der Waals surface area contributed by atoms with Gasteiger partial charge in [-0.3, -0.25) is 14.6 Å². The molecule has 0 N–H and O–H groups in total.